The Morgan fingerprint density at radius 3 is 2.63 bits per heavy atom. The quantitative estimate of drug-likeness (QED) is 0.639. The molecule has 0 bridgehead atoms. The average Bonchev–Trinajstić information content (AvgIpc) is 3.39. The molecule has 1 unspecified atom stereocenters. The van der Waals surface area contributed by atoms with Crippen LogP contribution < -0.4 is 5.32 Å². The third-order valence-electron chi connectivity index (χ3n) is 4.69. The van der Waals surface area contributed by atoms with Crippen molar-refractivity contribution in [3.8, 4) is 11.5 Å². The lowest BCUT2D eigenvalue weighted by molar-refractivity contribution is -0.119. The van der Waals surface area contributed by atoms with Gasteiger partial charge in [0.15, 0.2) is 0 Å². The van der Waals surface area contributed by atoms with Crippen LogP contribution in [0.5, 0.6) is 0 Å². The maximum Gasteiger partial charge on any atom is 0.322 e. The minimum absolute atomic E-state index is 0.0811. The maximum atomic E-state index is 13.1. The van der Waals surface area contributed by atoms with Gasteiger partial charge < -0.3 is 4.42 Å². The molecule has 1 fully saturated rings. The fourth-order valence-corrected chi connectivity index (χ4v) is 5.11. The second-order valence-electron chi connectivity index (χ2n) is 6.61. The highest BCUT2D eigenvalue weighted by atomic mass is 35.5. The van der Waals surface area contributed by atoms with Gasteiger partial charge in [0.25, 0.3) is 5.89 Å². The number of hydrogen-bond donors (Lipinski definition) is 1. The number of rotatable bonds is 5. The Kier molecular flexibility index (Phi) is 5.54. The van der Waals surface area contributed by atoms with Crippen molar-refractivity contribution in [1.29, 1.82) is 0 Å². The zero-order chi connectivity index (χ0) is 21.3. The molecule has 4 rings (SSSR count). The van der Waals surface area contributed by atoms with Crippen LogP contribution in [-0.4, -0.2) is 41.4 Å². The molecule has 1 N–H and O–H groups in total. The number of aromatic nitrogens is 2. The Bertz CT molecular complexity index is 1180. The predicted octanol–water partition coefficient (Wildman–Crippen LogP) is 3.32. The largest absolute Gasteiger partial charge is 0.403 e. The molecule has 156 valence electrons. The van der Waals surface area contributed by atoms with E-state index in [1.165, 1.54) is 12.1 Å². The maximum absolute atomic E-state index is 13.1. The molecule has 0 spiro atoms. The molecular weight excluding hydrogens is 435 g/mol. The van der Waals surface area contributed by atoms with Gasteiger partial charge in [-0.25, -0.2) is 12.8 Å². The number of amides is 1. The highest BCUT2D eigenvalue weighted by molar-refractivity contribution is 7.89. The zero-order valence-corrected chi connectivity index (χ0v) is 17.0. The smallest absolute Gasteiger partial charge is 0.322 e. The van der Waals surface area contributed by atoms with Crippen molar-refractivity contribution < 1.29 is 22.0 Å². The van der Waals surface area contributed by atoms with Crippen molar-refractivity contribution in [2.24, 2.45) is 0 Å². The molecule has 1 atom stereocenters. The van der Waals surface area contributed by atoms with E-state index in [0.29, 0.717) is 23.4 Å². The first-order valence-electron chi connectivity index (χ1n) is 9.03. The Morgan fingerprint density at radius 2 is 1.90 bits per heavy atom. The summed E-state index contributed by atoms with van der Waals surface area (Å²) in [5, 5.41) is 10.5. The number of hydrogen-bond acceptors (Lipinski definition) is 6. The summed E-state index contributed by atoms with van der Waals surface area (Å²) in [4.78, 5) is 12.7. The van der Waals surface area contributed by atoms with Crippen molar-refractivity contribution in [3.05, 3.63) is 59.4 Å². The number of nitrogens with zero attached hydrogens (tertiary/aromatic N) is 3. The van der Waals surface area contributed by atoms with Crippen LogP contribution in [0.3, 0.4) is 0 Å². The van der Waals surface area contributed by atoms with Gasteiger partial charge in [0.2, 0.25) is 15.9 Å². The third kappa shape index (κ3) is 3.93. The molecular formula is C19H16ClFN4O4S. The van der Waals surface area contributed by atoms with Gasteiger partial charge in [0.1, 0.15) is 11.9 Å². The monoisotopic (exact) mass is 450 g/mol. The van der Waals surface area contributed by atoms with Gasteiger partial charge in [-0.05, 0) is 49.2 Å². The van der Waals surface area contributed by atoms with E-state index in [1.54, 1.807) is 24.3 Å². The summed E-state index contributed by atoms with van der Waals surface area (Å²) in [5.74, 6) is -1.01. The highest BCUT2D eigenvalue weighted by Crippen LogP contribution is 2.29. The van der Waals surface area contributed by atoms with E-state index in [-0.39, 0.29) is 23.3 Å². The molecule has 1 saturated heterocycles. The minimum Gasteiger partial charge on any atom is -0.403 e. The molecule has 8 nitrogen and oxygen atoms in total. The molecule has 0 saturated carbocycles. The van der Waals surface area contributed by atoms with Crippen LogP contribution >= 0.6 is 11.6 Å². The summed E-state index contributed by atoms with van der Waals surface area (Å²) in [6.45, 7) is 0.173. The van der Waals surface area contributed by atoms with E-state index in [1.807, 2.05) is 0 Å². The van der Waals surface area contributed by atoms with Gasteiger partial charge >= 0.3 is 6.01 Å². The number of carbonyl (C=O) groups excluding carboxylic acids is 1. The van der Waals surface area contributed by atoms with Crippen LogP contribution in [0.15, 0.2) is 57.8 Å². The second-order valence-corrected chi connectivity index (χ2v) is 8.91. The van der Waals surface area contributed by atoms with Gasteiger partial charge in [0.05, 0.1) is 15.5 Å². The summed E-state index contributed by atoms with van der Waals surface area (Å²) in [5.41, 5.74) is 0.508. The van der Waals surface area contributed by atoms with Gasteiger partial charge in [-0.1, -0.05) is 28.8 Å². The van der Waals surface area contributed by atoms with E-state index in [9.17, 15) is 17.6 Å². The Morgan fingerprint density at radius 1 is 1.17 bits per heavy atom. The lowest BCUT2D eigenvalue weighted by Crippen LogP contribution is -2.43. The first kappa shape index (κ1) is 20.5. The van der Waals surface area contributed by atoms with E-state index in [2.05, 4.69) is 15.5 Å². The first-order valence-corrected chi connectivity index (χ1v) is 10.8. The normalized spacial score (nSPS) is 17.2. The van der Waals surface area contributed by atoms with E-state index >= 15 is 0 Å². The van der Waals surface area contributed by atoms with Crippen molar-refractivity contribution >= 4 is 33.5 Å². The fourth-order valence-electron chi connectivity index (χ4n) is 3.24. The summed E-state index contributed by atoms with van der Waals surface area (Å²) < 4.78 is 45.5. The summed E-state index contributed by atoms with van der Waals surface area (Å²) in [6, 6.07) is 10.2. The van der Waals surface area contributed by atoms with Crippen LogP contribution in [0.2, 0.25) is 5.02 Å². The molecule has 1 aromatic heterocycles. The number of sulfonamides is 1. The Hall–Kier alpha value is -2.82. The number of halogens is 2. The molecule has 0 radical (unpaired) electrons. The molecule has 11 heteroatoms. The van der Waals surface area contributed by atoms with E-state index < -0.39 is 27.8 Å². The molecule has 1 aliphatic rings. The Labute approximate surface area is 176 Å². The van der Waals surface area contributed by atoms with Crippen molar-refractivity contribution in [1.82, 2.24) is 14.5 Å². The van der Waals surface area contributed by atoms with Crippen LogP contribution in [0.25, 0.3) is 11.5 Å². The van der Waals surface area contributed by atoms with Crippen LogP contribution in [0.1, 0.15) is 12.8 Å². The Balaban J connectivity index is 1.52. The van der Waals surface area contributed by atoms with Crippen LogP contribution in [-0.2, 0) is 14.8 Å². The number of nitrogens with one attached hydrogen (secondary N) is 1. The van der Waals surface area contributed by atoms with Gasteiger partial charge in [0, 0.05) is 6.54 Å². The molecule has 1 amide bonds. The van der Waals surface area contributed by atoms with Gasteiger partial charge in [-0.15, -0.1) is 5.10 Å². The van der Waals surface area contributed by atoms with Crippen molar-refractivity contribution in [2.75, 3.05) is 11.9 Å². The topological polar surface area (TPSA) is 105 Å². The lowest BCUT2D eigenvalue weighted by atomic mass is 10.2. The lowest BCUT2D eigenvalue weighted by Gasteiger charge is -2.22. The molecule has 2 aromatic carbocycles. The summed E-state index contributed by atoms with van der Waals surface area (Å²) in [7, 11) is -3.96. The van der Waals surface area contributed by atoms with Gasteiger partial charge in [-0.3, -0.25) is 10.1 Å². The highest BCUT2D eigenvalue weighted by Gasteiger charge is 2.40. The third-order valence-corrected chi connectivity index (χ3v) is 6.94. The number of anilines is 1. The summed E-state index contributed by atoms with van der Waals surface area (Å²) >= 11 is 6.10. The average molecular weight is 451 g/mol. The molecule has 0 aliphatic carbocycles. The fraction of sp³-hybridized carbons (Fsp3) is 0.211. The van der Waals surface area contributed by atoms with Crippen LogP contribution in [0, 0.1) is 5.82 Å². The first-order chi connectivity index (χ1) is 14.4. The zero-order valence-electron chi connectivity index (χ0n) is 15.5. The van der Waals surface area contributed by atoms with Gasteiger partial charge in [-0.2, -0.15) is 4.31 Å². The molecule has 3 aromatic rings. The van der Waals surface area contributed by atoms with E-state index in [4.69, 9.17) is 16.0 Å². The second kappa shape index (κ2) is 8.13. The SMILES string of the molecule is O=C(Nc1nnc(-c2ccccc2Cl)o1)C1CCCN1S(=O)(=O)c1ccc(F)cc1. The number of carbonyl (C=O) groups is 1. The van der Waals surface area contributed by atoms with Crippen LogP contribution in [0.4, 0.5) is 10.4 Å². The molecule has 2 heterocycles. The van der Waals surface area contributed by atoms with Crippen molar-refractivity contribution in [2.45, 2.75) is 23.8 Å². The molecule has 1 aliphatic heterocycles. The summed E-state index contributed by atoms with van der Waals surface area (Å²) in [6.07, 6.45) is 0.838. The molecule has 30 heavy (non-hydrogen) atoms. The van der Waals surface area contributed by atoms with Crippen molar-refractivity contribution in [3.63, 3.8) is 0 Å². The number of benzene rings is 2. The predicted molar refractivity (Wildman–Crippen MR) is 107 cm³/mol. The van der Waals surface area contributed by atoms with E-state index in [0.717, 1.165) is 16.4 Å². The standard InChI is InChI=1S/C19H16ClFN4O4S/c20-15-5-2-1-4-14(15)18-23-24-19(29-18)22-17(26)16-6-3-11-25(16)30(27,28)13-9-7-12(21)8-10-13/h1-2,4-5,7-10,16H,3,6,11H2,(H,22,24,26). The minimum atomic E-state index is -3.96.